The zero-order chi connectivity index (χ0) is 15.1. The Labute approximate surface area is 126 Å². The minimum absolute atomic E-state index is 0.120. The molecule has 1 amide bonds. The second kappa shape index (κ2) is 8.01. The summed E-state index contributed by atoms with van der Waals surface area (Å²) in [6.45, 7) is 4.88. The summed E-state index contributed by atoms with van der Waals surface area (Å²) in [5.41, 5.74) is 0.620. The number of rotatable bonds is 7. The highest BCUT2D eigenvalue weighted by Gasteiger charge is 2.08. The summed E-state index contributed by atoms with van der Waals surface area (Å²) in [6.07, 6.45) is 1.14. The highest BCUT2D eigenvalue weighted by molar-refractivity contribution is 9.10. The molecule has 0 aromatic heterocycles. The standard InChI is InChI=1S/C14H19BrN2O3/c1-9(2)16-5-3-4-13(18)17-12-7-10(14(19)20)6-11(15)8-12/h6-9,16H,3-5H2,1-2H3,(H,17,18)(H,19,20). The Hall–Kier alpha value is -1.40. The second-order valence-electron chi connectivity index (χ2n) is 4.79. The summed E-state index contributed by atoms with van der Waals surface area (Å²) >= 11 is 3.23. The maximum absolute atomic E-state index is 11.7. The summed E-state index contributed by atoms with van der Waals surface area (Å²) in [6, 6.07) is 5.01. The minimum atomic E-state index is -1.03. The van der Waals surface area contributed by atoms with Crippen LogP contribution in [-0.4, -0.2) is 29.6 Å². The van der Waals surface area contributed by atoms with Crippen molar-refractivity contribution in [1.82, 2.24) is 5.32 Å². The van der Waals surface area contributed by atoms with Crippen molar-refractivity contribution in [2.24, 2.45) is 0 Å². The Bertz CT molecular complexity index is 489. The first-order chi connectivity index (χ1) is 9.38. The average molecular weight is 343 g/mol. The summed E-state index contributed by atoms with van der Waals surface area (Å²) < 4.78 is 0.620. The van der Waals surface area contributed by atoms with Gasteiger partial charge in [0, 0.05) is 22.6 Å². The molecule has 6 heteroatoms. The fourth-order valence-corrected chi connectivity index (χ4v) is 2.14. The number of amides is 1. The van der Waals surface area contributed by atoms with Crippen molar-refractivity contribution in [1.29, 1.82) is 0 Å². The van der Waals surface area contributed by atoms with Crippen LogP contribution in [0.3, 0.4) is 0 Å². The Morgan fingerprint density at radius 1 is 1.30 bits per heavy atom. The van der Waals surface area contributed by atoms with Crippen molar-refractivity contribution >= 4 is 33.5 Å². The van der Waals surface area contributed by atoms with E-state index in [0.29, 0.717) is 22.6 Å². The van der Waals surface area contributed by atoms with E-state index < -0.39 is 5.97 Å². The zero-order valence-corrected chi connectivity index (χ0v) is 13.2. The van der Waals surface area contributed by atoms with Gasteiger partial charge in [0.2, 0.25) is 5.91 Å². The summed E-state index contributed by atoms with van der Waals surface area (Å²) in [4.78, 5) is 22.7. The Kier molecular flexibility index (Phi) is 6.67. The van der Waals surface area contributed by atoms with Gasteiger partial charge >= 0.3 is 5.97 Å². The lowest BCUT2D eigenvalue weighted by atomic mass is 10.2. The third-order valence-electron chi connectivity index (χ3n) is 2.56. The number of halogens is 1. The number of carboxylic acid groups (broad SMARTS) is 1. The predicted molar refractivity (Wildman–Crippen MR) is 82.1 cm³/mol. The lowest BCUT2D eigenvalue weighted by molar-refractivity contribution is -0.116. The molecule has 0 aliphatic heterocycles. The van der Waals surface area contributed by atoms with E-state index in [1.54, 1.807) is 6.07 Å². The van der Waals surface area contributed by atoms with E-state index in [1.807, 2.05) is 0 Å². The molecule has 110 valence electrons. The van der Waals surface area contributed by atoms with Crippen molar-refractivity contribution in [2.75, 3.05) is 11.9 Å². The number of anilines is 1. The van der Waals surface area contributed by atoms with Crippen molar-refractivity contribution < 1.29 is 14.7 Å². The van der Waals surface area contributed by atoms with E-state index in [9.17, 15) is 9.59 Å². The van der Waals surface area contributed by atoms with Gasteiger partial charge in [-0.3, -0.25) is 4.79 Å². The summed E-state index contributed by atoms with van der Waals surface area (Å²) in [5, 5.41) is 14.9. The molecule has 0 heterocycles. The molecule has 0 saturated heterocycles. The molecule has 0 aliphatic rings. The molecule has 20 heavy (non-hydrogen) atoms. The summed E-state index contributed by atoms with van der Waals surface area (Å²) in [7, 11) is 0. The van der Waals surface area contributed by atoms with Crippen LogP contribution < -0.4 is 10.6 Å². The Balaban J connectivity index is 2.51. The summed E-state index contributed by atoms with van der Waals surface area (Å²) in [5.74, 6) is -1.15. The number of carboxylic acids is 1. The number of aromatic carboxylic acids is 1. The highest BCUT2D eigenvalue weighted by atomic mass is 79.9. The van der Waals surface area contributed by atoms with Crippen LogP contribution in [-0.2, 0) is 4.79 Å². The van der Waals surface area contributed by atoms with Crippen LogP contribution in [0.4, 0.5) is 5.69 Å². The Morgan fingerprint density at radius 3 is 2.60 bits per heavy atom. The predicted octanol–water partition coefficient (Wildman–Crippen LogP) is 2.86. The molecule has 1 rings (SSSR count). The van der Waals surface area contributed by atoms with Gasteiger partial charge in [-0.15, -0.1) is 0 Å². The Morgan fingerprint density at radius 2 is 2.00 bits per heavy atom. The molecule has 3 N–H and O–H groups in total. The van der Waals surface area contributed by atoms with Crippen LogP contribution >= 0.6 is 15.9 Å². The molecular weight excluding hydrogens is 324 g/mol. The van der Waals surface area contributed by atoms with Crippen LogP contribution in [0, 0.1) is 0 Å². The molecule has 5 nitrogen and oxygen atoms in total. The molecule has 0 unspecified atom stereocenters. The van der Waals surface area contributed by atoms with Gasteiger partial charge in [-0.2, -0.15) is 0 Å². The molecule has 1 aromatic rings. The van der Waals surface area contributed by atoms with Gasteiger partial charge in [0.05, 0.1) is 5.56 Å². The number of hydrogen-bond donors (Lipinski definition) is 3. The lowest BCUT2D eigenvalue weighted by Crippen LogP contribution is -2.24. The molecule has 0 bridgehead atoms. The highest BCUT2D eigenvalue weighted by Crippen LogP contribution is 2.20. The van der Waals surface area contributed by atoms with E-state index in [-0.39, 0.29) is 11.5 Å². The number of benzene rings is 1. The van der Waals surface area contributed by atoms with E-state index in [1.165, 1.54) is 12.1 Å². The zero-order valence-electron chi connectivity index (χ0n) is 11.6. The van der Waals surface area contributed by atoms with Crippen molar-refractivity contribution in [3.05, 3.63) is 28.2 Å². The van der Waals surface area contributed by atoms with Gasteiger partial charge in [0.15, 0.2) is 0 Å². The van der Waals surface area contributed by atoms with Gasteiger partial charge in [0.1, 0.15) is 0 Å². The molecule has 0 spiro atoms. The largest absolute Gasteiger partial charge is 0.478 e. The van der Waals surface area contributed by atoms with Crippen LogP contribution in [0.1, 0.15) is 37.0 Å². The minimum Gasteiger partial charge on any atom is -0.478 e. The van der Waals surface area contributed by atoms with Gasteiger partial charge in [-0.05, 0) is 31.2 Å². The molecular formula is C14H19BrN2O3. The maximum atomic E-state index is 11.7. The van der Waals surface area contributed by atoms with Crippen LogP contribution in [0.5, 0.6) is 0 Å². The third kappa shape index (κ3) is 6.16. The molecule has 1 aromatic carbocycles. The van der Waals surface area contributed by atoms with Gasteiger partial charge in [-0.25, -0.2) is 4.79 Å². The number of hydrogen-bond acceptors (Lipinski definition) is 3. The van der Waals surface area contributed by atoms with Crippen molar-refractivity contribution in [3.63, 3.8) is 0 Å². The second-order valence-corrected chi connectivity index (χ2v) is 5.71. The lowest BCUT2D eigenvalue weighted by Gasteiger charge is -2.09. The first kappa shape index (κ1) is 16.7. The molecule has 0 fully saturated rings. The topological polar surface area (TPSA) is 78.4 Å². The van der Waals surface area contributed by atoms with Crippen LogP contribution in [0.25, 0.3) is 0 Å². The SMILES string of the molecule is CC(C)NCCCC(=O)Nc1cc(Br)cc(C(=O)O)c1. The van der Waals surface area contributed by atoms with Crippen molar-refractivity contribution in [2.45, 2.75) is 32.7 Å². The quantitative estimate of drug-likeness (QED) is 0.665. The molecule has 0 aliphatic carbocycles. The van der Waals surface area contributed by atoms with Crippen LogP contribution in [0.2, 0.25) is 0 Å². The first-order valence-electron chi connectivity index (χ1n) is 6.45. The fourth-order valence-electron chi connectivity index (χ4n) is 1.65. The van der Waals surface area contributed by atoms with E-state index in [2.05, 4.69) is 40.4 Å². The van der Waals surface area contributed by atoms with Crippen molar-refractivity contribution in [3.8, 4) is 0 Å². The van der Waals surface area contributed by atoms with Gasteiger partial charge < -0.3 is 15.7 Å². The van der Waals surface area contributed by atoms with E-state index in [4.69, 9.17) is 5.11 Å². The monoisotopic (exact) mass is 342 g/mol. The normalized spacial score (nSPS) is 10.6. The van der Waals surface area contributed by atoms with Gasteiger partial charge in [-0.1, -0.05) is 29.8 Å². The average Bonchev–Trinajstić information content (AvgIpc) is 2.33. The van der Waals surface area contributed by atoms with Crippen LogP contribution in [0.15, 0.2) is 22.7 Å². The molecule has 0 saturated carbocycles. The van der Waals surface area contributed by atoms with E-state index in [0.717, 1.165) is 13.0 Å². The number of carbonyl (C=O) groups excluding carboxylic acids is 1. The smallest absolute Gasteiger partial charge is 0.335 e. The van der Waals surface area contributed by atoms with E-state index >= 15 is 0 Å². The molecule has 0 radical (unpaired) electrons. The van der Waals surface area contributed by atoms with Gasteiger partial charge in [0.25, 0.3) is 0 Å². The maximum Gasteiger partial charge on any atom is 0.335 e. The first-order valence-corrected chi connectivity index (χ1v) is 7.25. The fraction of sp³-hybridized carbons (Fsp3) is 0.429. The number of carbonyl (C=O) groups is 2. The number of nitrogens with one attached hydrogen (secondary N) is 2. The third-order valence-corrected chi connectivity index (χ3v) is 3.02. The molecule has 0 atom stereocenters.